The lowest BCUT2D eigenvalue weighted by Gasteiger charge is -2.69. The summed E-state index contributed by atoms with van der Waals surface area (Å²) in [6, 6.07) is 0. The summed E-state index contributed by atoms with van der Waals surface area (Å²) in [5.41, 5.74) is -0.109. The van der Waals surface area contributed by atoms with Crippen molar-refractivity contribution in [2.24, 2.45) is 45.3 Å². The van der Waals surface area contributed by atoms with Crippen LogP contribution in [-0.2, 0) is 9.59 Å². The van der Waals surface area contributed by atoms with Crippen molar-refractivity contribution in [3.63, 3.8) is 0 Å². The van der Waals surface area contributed by atoms with Gasteiger partial charge in [0.2, 0.25) is 0 Å². The van der Waals surface area contributed by atoms with Crippen molar-refractivity contribution in [3.8, 4) is 0 Å². The molecular formula is C28H44O4. The molecule has 3 fully saturated rings. The molecule has 5 unspecified atom stereocenters. The average molecular weight is 445 g/mol. The van der Waals surface area contributed by atoms with Crippen LogP contribution in [0.5, 0.6) is 0 Å². The van der Waals surface area contributed by atoms with E-state index in [-0.39, 0.29) is 51.5 Å². The zero-order valence-corrected chi connectivity index (χ0v) is 21.4. The van der Waals surface area contributed by atoms with E-state index in [1.54, 1.807) is 12.2 Å². The molecule has 4 heteroatoms. The normalized spacial score (nSPS) is 49.2. The molecule has 0 aromatic carbocycles. The second-order valence-electron chi connectivity index (χ2n) is 12.1. The van der Waals surface area contributed by atoms with E-state index in [1.807, 2.05) is 6.08 Å². The van der Waals surface area contributed by atoms with Crippen molar-refractivity contribution >= 4 is 11.6 Å². The fourth-order valence-electron chi connectivity index (χ4n) is 8.72. The number of aliphatic hydroxyl groups is 2. The Balaban J connectivity index is 0.000000913. The molecule has 4 aliphatic carbocycles. The molecule has 0 spiro atoms. The third-order valence-electron chi connectivity index (χ3n) is 10.3. The molecule has 180 valence electrons. The zero-order valence-electron chi connectivity index (χ0n) is 21.4. The molecule has 2 N–H and O–H groups in total. The maximum absolute atomic E-state index is 12.8. The van der Waals surface area contributed by atoms with Crippen LogP contribution in [0.1, 0.15) is 81.1 Å². The van der Waals surface area contributed by atoms with E-state index in [2.05, 4.69) is 55.4 Å². The van der Waals surface area contributed by atoms with Gasteiger partial charge < -0.3 is 10.2 Å². The van der Waals surface area contributed by atoms with Gasteiger partial charge in [-0.2, -0.15) is 0 Å². The van der Waals surface area contributed by atoms with Crippen LogP contribution >= 0.6 is 0 Å². The minimum absolute atomic E-state index is 0.0378. The Bertz CT molecular complexity index is 842. The Morgan fingerprint density at radius 1 is 1.09 bits per heavy atom. The van der Waals surface area contributed by atoms with E-state index >= 15 is 0 Å². The van der Waals surface area contributed by atoms with Crippen molar-refractivity contribution in [3.05, 3.63) is 23.8 Å². The van der Waals surface area contributed by atoms with Gasteiger partial charge in [-0.3, -0.25) is 9.59 Å². The number of aliphatic hydroxyl groups excluding tert-OH is 2. The summed E-state index contributed by atoms with van der Waals surface area (Å²) in [6.07, 6.45) is 8.57. The van der Waals surface area contributed by atoms with Crippen LogP contribution < -0.4 is 0 Å². The number of ketones is 2. The van der Waals surface area contributed by atoms with E-state index in [0.29, 0.717) is 6.42 Å². The lowest BCUT2D eigenvalue weighted by molar-refractivity contribution is -0.217. The molecule has 4 aliphatic rings. The summed E-state index contributed by atoms with van der Waals surface area (Å²) < 4.78 is 0. The smallest absolute Gasteiger partial charge is 0.178 e. The van der Waals surface area contributed by atoms with Crippen LogP contribution in [0.4, 0.5) is 0 Å². The van der Waals surface area contributed by atoms with E-state index in [9.17, 15) is 19.8 Å². The summed E-state index contributed by atoms with van der Waals surface area (Å²) in [6.45, 7) is 17.1. The average Bonchev–Trinajstić information content (AvgIpc) is 2.91. The Kier molecular flexibility index (Phi) is 6.50. The van der Waals surface area contributed by atoms with Crippen LogP contribution in [0.15, 0.2) is 23.8 Å². The number of Topliss-reactive ketones (excluding diaryl/α,β-unsaturated/α-hetero) is 1. The highest BCUT2D eigenvalue weighted by molar-refractivity contribution is 6.01. The molecule has 0 heterocycles. The van der Waals surface area contributed by atoms with Crippen LogP contribution in [0.2, 0.25) is 0 Å². The fourth-order valence-corrected chi connectivity index (χ4v) is 8.72. The molecule has 4 nitrogen and oxygen atoms in total. The van der Waals surface area contributed by atoms with E-state index in [0.717, 1.165) is 18.4 Å². The molecule has 0 saturated heterocycles. The molecule has 0 radical (unpaired) electrons. The molecule has 0 aliphatic heterocycles. The highest BCUT2D eigenvalue weighted by Crippen LogP contribution is 2.77. The number of rotatable bonds is 2. The molecule has 9 atom stereocenters. The predicted octanol–water partition coefficient (Wildman–Crippen LogP) is 5.13. The van der Waals surface area contributed by atoms with Crippen molar-refractivity contribution in [1.82, 2.24) is 0 Å². The summed E-state index contributed by atoms with van der Waals surface area (Å²) >= 11 is 0. The van der Waals surface area contributed by atoms with Gasteiger partial charge in [0, 0.05) is 16.7 Å². The first-order valence-corrected chi connectivity index (χ1v) is 12.5. The third-order valence-corrected chi connectivity index (χ3v) is 10.3. The summed E-state index contributed by atoms with van der Waals surface area (Å²) in [5.74, 6) is 0.385. The number of allylic oxidation sites excluding steroid dienone is 4. The first-order valence-electron chi connectivity index (χ1n) is 12.5. The van der Waals surface area contributed by atoms with Crippen LogP contribution in [0, 0.1) is 45.3 Å². The Hall–Kier alpha value is -1.26. The number of hydrogen-bond acceptors (Lipinski definition) is 4. The Morgan fingerprint density at radius 2 is 1.69 bits per heavy atom. The van der Waals surface area contributed by atoms with Gasteiger partial charge in [0.05, 0.1) is 6.10 Å². The third kappa shape index (κ3) is 3.08. The Morgan fingerprint density at radius 3 is 2.25 bits per heavy atom. The SMILES string of the molecule is CCC.C[C@@H]1C[C@@]2(C)C3C[C@H](C)C4=CC(=O)C=CC4(C)[C@@]3(C)C(O)CC2(C)C1C(=O)CO. The van der Waals surface area contributed by atoms with Gasteiger partial charge in [-0.15, -0.1) is 0 Å². The van der Waals surface area contributed by atoms with Gasteiger partial charge >= 0.3 is 0 Å². The molecule has 32 heavy (non-hydrogen) atoms. The van der Waals surface area contributed by atoms with Crippen LogP contribution in [0.25, 0.3) is 0 Å². The lowest BCUT2D eigenvalue weighted by atomic mass is 9.35. The number of fused-ring (bicyclic) bond motifs is 5. The fraction of sp³-hybridized carbons (Fsp3) is 0.786. The number of hydrogen-bond donors (Lipinski definition) is 2. The summed E-state index contributed by atoms with van der Waals surface area (Å²) in [7, 11) is 0. The van der Waals surface area contributed by atoms with Crippen molar-refractivity contribution < 1.29 is 19.8 Å². The van der Waals surface area contributed by atoms with E-state index < -0.39 is 18.1 Å². The Labute approximate surface area is 194 Å². The zero-order chi connectivity index (χ0) is 24.3. The first-order chi connectivity index (χ1) is 14.8. The largest absolute Gasteiger partial charge is 0.392 e. The highest BCUT2D eigenvalue weighted by Gasteiger charge is 2.73. The number of carbonyl (C=O) groups is 2. The molecule has 0 bridgehead atoms. The summed E-state index contributed by atoms with van der Waals surface area (Å²) in [4.78, 5) is 24.9. The standard InChI is InChI=1S/C25H36O4.C3H8/c1-14-9-19-23(4)11-15(2)21(18(28)13-26)24(23,5)12-20(29)25(19,6)22(3)8-7-16(27)10-17(14)22;1-3-2/h7-8,10,14-15,19-21,26,29H,9,11-13H2,1-6H3;3H2,1-2H3/t14-,15+,19?,20?,21?,22?,23-,24?,25+;/m0./s1. The minimum atomic E-state index is -0.580. The second-order valence-corrected chi connectivity index (χ2v) is 12.1. The molecule has 0 amide bonds. The molecule has 4 rings (SSSR count). The topological polar surface area (TPSA) is 74.6 Å². The second kappa shape index (κ2) is 8.20. The molecule has 3 saturated carbocycles. The van der Waals surface area contributed by atoms with Crippen molar-refractivity contribution in [2.45, 2.75) is 87.2 Å². The monoisotopic (exact) mass is 444 g/mol. The first kappa shape index (κ1) is 25.4. The van der Waals surface area contributed by atoms with Gasteiger partial charge in [-0.05, 0) is 60.0 Å². The summed E-state index contributed by atoms with van der Waals surface area (Å²) in [5, 5.41) is 21.3. The maximum atomic E-state index is 12.8. The highest BCUT2D eigenvalue weighted by atomic mass is 16.3. The lowest BCUT2D eigenvalue weighted by Crippen LogP contribution is -2.67. The van der Waals surface area contributed by atoms with Gasteiger partial charge in [-0.25, -0.2) is 0 Å². The van der Waals surface area contributed by atoms with Gasteiger partial charge in [0.1, 0.15) is 6.61 Å². The van der Waals surface area contributed by atoms with Crippen LogP contribution in [0.3, 0.4) is 0 Å². The van der Waals surface area contributed by atoms with Crippen molar-refractivity contribution in [1.29, 1.82) is 0 Å². The maximum Gasteiger partial charge on any atom is 0.178 e. The molecule has 0 aromatic heterocycles. The van der Waals surface area contributed by atoms with E-state index in [4.69, 9.17) is 0 Å². The van der Waals surface area contributed by atoms with Gasteiger partial charge in [-0.1, -0.05) is 73.5 Å². The van der Waals surface area contributed by atoms with E-state index in [1.165, 1.54) is 6.42 Å². The number of carbonyl (C=O) groups excluding carboxylic acids is 2. The minimum Gasteiger partial charge on any atom is -0.392 e. The quantitative estimate of drug-likeness (QED) is 0.619. The van der Waals surface area contributed by atoms with Crippen LogP contribution in [-0.4, -0.2) is 34.5 Å². The molecular weight excluding hydrogens is 400 g/mol. The van der Waals surface area contributed by atoms with Gasteiger partial charge in [0.15, 0.2) is 11.6 Å². The van der Waals surface area contributed by atoms with Crippen molar-refractivity contribution in [2.75, 3.05) is 6.61 Å². The predicted molar refractivity (Wildman–Crippen MR) is 128 cm³/mol. The molecule has 0 aromatic rings. The van der Waals surface area contributed by atoms with Gasteiger partial charge in [0.25, 0.3) is 0 Å².